The second-order valence-electron chi connectivity index (χ2n) is 2.27. The molecule has 8 heavy (non-hydrogen) atoms. The predicted molar refractivity (Wildman–Crippen MR) is 34.4 cm³/mol. The van der Waals surface area contributed by atoms with Gasteiger partial charge >= 0.3 is 0 Å². The normalized spacial score (nSPS) is 29.8. The Bertz CT molecular complexity index is 74.6. The molecule has 0 aromatic heterocycles. The van der Waals surface area contributed by atoms with Crippen LogP contribution in [-0.2, 0) is 0 Å². The first-order valence-corrected chi connectivity index (χ1v) is 3.15. The fraction of sp³-hybridized carbons (Fsp3) is 0.833. The summed E-state index contributed by atoms with van der Waals surface area (Å²) in [6.45, 7) is 2.16. The first-order valence-electron chi connectivity index (χ1n) is 3.15. The van der Waals surface area contributed by atoms with Crippen LogP contribution >= 0.6 is 0 Å². The van der Waals surface area contributed by atoms with E-state index in [1.165, 1.54) is 12.8 Å². The van der Waals surface area contributed by atoms with E-state index in [1.807, 2.05) is 0 Å². The molecule has 1 saturated heterocycles. The average molecular weight is 112 g/mol. The summed E-state index contributed by atoms with van der Waals surface area (Å²) < 4.78 is 0. The van der Waals surface area contributed by atoms with Crippen LogP contribution in [0.5, 0.6) is 0 Å². The number of rotatable bonds is 1. The highest BCUT2D eigenvalue weighted by Crippen LogP contribution is 2.05. The second-order valence-corrected chi connectivity index (χ2v) is 2.27. The Kier molecular flexibility index (Phi) is 2.03. The summed E-state index contributed by atoms with van der Waals surface area (Å²) in [5.41, 5.74) is 0. The Morgan fingerprint density at radius 3 is 2.88 bits per heavy atom. The molecular formula is C6H12N2. The van der Waals surface area contributed by atoms with Crippen LogP contribution in [0.1, 0.15) is 12.8 Å². The van der Waals surface area contributed by atoms with E-state index in [0.717, 1.165) is 13.1 Å². The molecule has 0 aliphatic carbocycles. The summed E-state index contributed by atoms with van der Waals surface area (Å²) in [6.07, 6.45) is 3.99. The molecule has 46 valence electrons. The smallest absolute Gasteiger partial charge is 0.00607 e. The van der Waals surface area contributed by atoms with Crippen LogP contribution in [0.2, 0.25) is 0 Å². The topological polar surface area (TPSA) is 35.9 Å². The number of hydrogen-bond donors (Lipinski definition) is 2. The van der Waals surface area contributed by atoms with Gasteiger partial charge in [-0.25, -0.2) is 0 Å². The van der Waals surface area contributed by atoms with E-state index in [0.29, 0.717) is 5.92 Å². The van der Waals surface area contributed by atoms with Gasteiger partial charge in [0.1, 0.15) is 0 Å². The summed E-state index contributed by atoms with van der Waals surface area (Å²) in [5.74, 6) is 0.517. The first-order chi connectivity index (χ1) is 3.93. The second kappa shape index (κ2) is 2.82. The van der Waals surface area contributed by atoms with E-state index < -0.39 is 0 Å². The molecule has 2 N–H and O–H groups in total. The summed E-state index contributed by atoms with van der Waals surface area (Å²) in [4.78, 5) is 0. The van der Waals surface area contributed by atoms with E-state index in [4.69, 9.17) is 5.41 Å². The monoisotopic (exact) mass is 112 g/mol. The largest absolute Gasteiger partial charge is 0.316 e. The highest BCUT2D eigenvalue weighted by molar-refractivity contribution is 5.57. The zero-order valence-corrected chi connectivity index (χ0v) is 4.98. The lowest BCUT2D eigenvalue weighted by atomic mass is 10.0. The van der Waals surface area contributed by atoms with Crippen molar-refractivity contribution in [1.29, 1.82) is 5.41 Å². The minimum atomic E-state index is 0.517. The van der Waals surface area contributed by atoms with Crippen LogP contribution in [0.15, 0.2) is 0 Å². The molecule has 0 bridgehead atoms. The molecular weight excluding hydrogens is 100 g/mol. The van der Waals surface area contributed by atoms with Crippen molar-refractivity contribution in [1.82, 2.24) is 5.32 Å². The molecule has 1 rings (SSSR count). The van der Waals surface area contributed by atoms with Crippen molar-refractivity contribution in [2.45, 2.75) is 12.8 Å². The third-order valence-electron chi connectivity index (χ3n) is 1.57. The minimum absolute atomic E-state index is 0.517. The molecule has 0 aromatic carbocycles. The standard InChI is InChI=1S/C6H12N2/c7-4-6-2-1-3-8-5-6/h4,6-8H,1-3,5H2/t6-/m1/s1. The molecule has 0 amide bonds. The molecule has 0 aromatic rings. The van der Waals surface area contributed by atoms with Crippen molar-refractivity contribution in [2.24, 2.45) is 5.92 Å². The Morgan fingerprint density at radius 1 is 1.62 bits per heavy atom. The van der Waals surface area contributed by atoms with Crippen molar-refractivity contribution < 1.29 is 0 Å². The summed E-state index contributed by atoms with van der Waals surface area (Å²) in [7, 11) is 0. The van der Waals surface area contributed by atoms with Crippen LogP contribution in [0.3, 0.4) is 0 Å². The third-order valence-corrected chi connectivity index (χ3v) is 1.57. The van der Waals surface area contributed by atoms with Crippen molar-refractivity contribution in [3.05, 3.63) is 0 Å². The molecule has 0 unspecified atom stereocenters. The maximum absolute atomic E-state index is 6.93. The van der Waals surface area contributed by atoms with Gasteiger partial charge in [-0.15, -0.1) is 0 Å². The Labute approximate surface area is 49.8 Å². The molecule has 1 aliphatic rings. The van der Waals surface area contributed by atoms with Gasteiger partial charge in [-0.3, -0.25) is 0 Å². The zero-order valence-electron chi connectivity index (χ0n) is 4.98. The van der Waals surface area contributed by atoms with Crippen LogP contribution in [0.4, 0.5) is 0 Å². The van der Waals surface area contributed by atoms with Crippen molar-refractivity contribution in [2.75, 3.05) is 13.1 Å². The molecule has 1 fully saturated rings. The Hall–Kier alpha value is -0.370. The fourth-order valence-corrected chi connectivity index (χ4v) is 1.02. The average Bonchev–Trinajstić information content (AvgIpc) is 1.90. The van der Waals surface area contributed by atoms with Gasteiger partial charge in [0.05, 0.1) is 0 Å². The molecule has 1 aliphatic heterocycles. The van der Waals surface area contributed by atoms with Gasteiger partial charge in [-0.1, -0.05) is 0 Å². The molecule has 1 atom stereocenters. The maximum atomic E-state index is 6.93. The number of nitrogens with one attached hydrogen (secondary N) is 2. The van der Waals surface area contributed by atoms with Crippen molar-refractivity contribution in [3.63, 3.8) is 0 Å². The third kappa shape index (κ3) is 1.30. The van der Waals surface area contributed by atoms with E-state index in [-0.39, 0.29) is 0 Å². The van der Waals surface area contributed by atoms with Gasteiger partial charge < -0.3 is 10.7 Å². The Morgan fingerprint density at radius 2 is 2.50 bits per heavy atom. The fourth-order valence-electron chi connectivity index (χ4n) is 1.02. The van der Waals surface area contributed by atoms with Gasteiger partial charge in [0.25, 0.3) is 0 Å². The van der Waals surface area contributed by atoms with Crippen LogP contribution < -0.4 is 5.32 Å². The lowest BCUT2D eigenvalue weighted by molar-refractivity contribution is 0.462. The summed E-state index contributed by atoms with van der Waals surface area (Å²) >= 11 is 0. The van der Waals surface area contributed by atoms with Crippen LogP contribution in [0.25, 0.3) is 0 Å². The first kappa shape index (κ1) is 5.76. The predicted octanol–water partition coefficient (Wildman–Crippen LogP) is 0.636. The van der Waals surface area contributed by atoms with Crippen molar-refractivity contribution >= 4 is 6.21 Å². The van der Waals surface area contributed by atoms with E-state index in [2.05, 4.69) is 5.32 Å². The van der Waals surface area contributed by atoms with E-state index >= 15 is 0 Å². The number of hydrogen-bond acceptors (Lipinski definition) is 2. The minimum Gasteiger partial charge on any atom is -0.316 e. The highest BCUT2D eigenvalue weighted by Gasteiger charge is 2.08. The summed E-state index contributed by atoms with van der Waals surface area (Å²) in [5, 5.41) is 10.2. The van der Waals surface area contributed by atoms with Gasteiger partial charge in [-0.2, -0.15) is 0 Å². The molecule has 2 nitrogen and oxygen atoms in total. The summed E-state index contributed by atoms with van der Waals surface area (Å²) in [6, 6.07) is 0. The Balaban J connectivity index is 2.22. The van der Waals surface area contributed by atoms with Gasteiger partial charge in [0.15, 0.2) is 0 Å². The molecule has 1 heterocycles. The van der Waals surface area contributed by atoms with Crippen LogP contribution in [-0.4, -0.2) is 19.3 Å². The lowest BCUT2D eigenvalue weighted by Gasteiger charge is -2.17. The zero-order chi connectivity index (χ0) is 5.82. The van der Waals surface area contributed by atoms with Gasteiger partial charge in [0.2, 0.25) is 0 Å². The van der Waals surface area contributed by atoms with Crippen LogP contribution in [0, 0.1) is 11.3 Å². The number of piperidine rings is 1. The van der Waals surface area contributed by atoms with Gasteiger partial charge in [0, 0.05) is 12.5 Å². The molecule has 0 radical (unpaired) electrons. The van der Waals surface area contributed by atoms with E-state index in [9.17, 15) is 0 Å². The van der Waals surface area contributed by atoms with Gasteiger partial charge in [-0.05, 0) is 25.6 Å². The molecule has 0 saturated carbocycles. The lowest BCUT2D eigenvalue weighted by Crippen LogP contribution is -2.30. The van der Waals surface area contributed by atoms with Crippen molar-refractivity contribution in [3.8, 4) is 0 Å². The highest BCUT2D eigenvalue weighted by atomic mass is 14.9. The SMILES string of the molecule is N=C[C@H]1CCCNC1. The maximum Gasteiger partial charge on any atom is 0.00607 e. The molecule has 0 spiro atoms. The quantitative estimate of drug-likeness (QED) is 0.480. The van der Waals surface area contributed by atoms with E-state index in [1.54, 1.807) is 6.21 Å². The molecule has 2 heteroatoms.